The lowest BCUT2D eigenvalue weighted by Gasteiger charge is -2.39. The zero-order valence-corrected chi connectivity index (χ0v) is 13.7. The predicted molar refractivity (Wildman–Crippen MR) is 92.6 cm³/mol. The SMILES string of the molecule is Cc1cc2ccccc2nc1N1CCN(C(=O)C2CCC2)CC1. The van der Waals surface area contributed by atoms with Crippen molar-refractivity contribution in [2.45, 2.75) is 26.2 Å². The first-order chi connectivity index (χ1) is 11.2. The van der Waals surface area contributed by atoms with Crippen molar-refractivity contribution >= 4 is 22.6 Å². The number of hydrogen-bond acceptors (Lipinski definition) is 3. The van der Waals surface area contributed by atoms with Gasteiger partial charge in [0, 0.05) is 37.5 Å². The van der Waals surface area contributed by atoms with E-state index in [0.29, 0.717) is 11.8 Å². The smallest absolute Gasteiger partial charge is 0.225 e. The molecule has 1 amide bonds. The zero-order valence-electron chi connectivity index (χ0n) is 13.7. The first-order valence-corrected chi connectivity index (χ1v) is 8.62. The van der Waals surface area contributed by atoms with Crippen molar-refractivity contribution in [1.82, 2.24) is 9.88 Å². The number of benzene rings is 1. The van der Waals surface area contributed by atoms with Crippen LogP contribution in [0.4, 0.5) is 5.82 Å². The molecule has 0 unspecified atom stereocenters. The Morgan fingerprint density at radius 2 is 1.87 bits per heavy atom. The third-order valence-corrected chi connectivity index (χ3v) is 5.23. The van der Waals surface area contributed by atoms with Crippen molar-refractivity contribution in [3.8, 4) is 0 Å². The molecular weight excluding hydrogens is 286 g/mol. The van der Waals surface area contributed by atoms with Gasteiger partial charge in [0.1, 0.15) is 5.82 Å². The largest absolute Gasteiger partial charge is 0.353 e. The number of nitrogens with zero attached hydrogens (tertiary/aromatic N) is 3. The maximum Gasteiger partial charge on any atom is 0.225 e. The normalized spacial score (nSPS) is 19.0. The monoisotopic (exact) mass is 309 g/mol. The van der Waals surface area contributed by atoms with Crippen molar-refractivity contribution in [2.24, 2.45) is 5.92 Å². The second kappa shape index (κ2) is 5.84. The second-order valence-corrected chi connectivity index (χ2v) is 6.76. The Hall–Kier alpha value is -2.10. The van der Waals surface area contributed by atoms with Gasteiger partial charge in [0.05, 0.1) is 5.52 Å². The van der Waals surface area contributed by atoms with E-state index in [4.69, 9.17) is 4.98 Å². The van der Waals surface area contributed by atoms with Gasteiger partial charge < -0.3 is 9.80 Å². The quantitative estimate of drug-likeness (QED) is 0.855. The van der Waals surface area contributed by atoms with Gasteiger partial charge in [-0.1, -0.05) is 24.6 Å². The van der Waals surface area contributed by atoms with E-state index in [-0.39, 0.29) is 0 Å². The van der Waals surface area contributed by atoms with Gasteiger partial charge in [-0.25, -0.2) is 4.98 Å². The minimum atomic E-state index is 0.307. The first-order valence-electron chi connectivity index (χ1n) is 8.62. The molecule has 0 radical (unpaired) electrons. The molecule has 2 aromatic rings. The van der Waals surface area contributed by atoms with Crippen LogP contribution in [-0.4, -0.2) is 42.0 Å². The Bertz CT molecular complexity index is 730. The highest BCUT2D eigenvalue weighted by Crippen LogP contribution is 2.29. The summed E-state index contributed by atoms with van der Waals surface area (Å²) in [5.74, 6) is 1.75. The number of pyridine rings is 1. The highest BCUT2D eigenvalue weighted by Gasteiger charge is 2.31. The zero-order chi connectivity index (χ0) is 15.8. The third kappa shape index (κ3) is 2.67. The Balaban J connectivity index is 1.49. The number of hydrogen-bond donors (Lipinski definition) is 0. The number of amides is 1. The standard InChI is InChI=1S/C19H23N3O/c1-14-13-16-5-2-3-8-17(16)20-18(14)21-9-11-22(12-10-21)19(23)15-6-4-7-15/h2-3,5,8,13,15H,4,6-7,9-12H2,1H3. The minimum Gasteiger partial charge on any atom is -0.353 e. The van der Waals surface area contributed by atoms with Crippen LogP contribution in [0.5, 0.6) is 0 Å². The van der Waals surface area contributed by atoms with Crippen LogP contribution in [0, 0.1) is 12.8 Å². The Morgan fingerprint density at radius 1 is 1.13 bits per heavy atom. The lowest BCUT2D eigenvalue weighted by molar-refractivity contribution is -0.138. The van der Waals surface area contributed by atoms with E-state index >= 15 is 0 Å². The number of anilines is 1. The van der Waals surface area contributed by atoms with Crippen LogP contribution >= 0.6 is 0 Å². The van der Waals surface area contributed by atoms with Crippen LogP contribution in [0.1, 0.15) is 24.8 Å². The van der Waals surface area contributed by atoms with Crippen LogP contribution in [0.15, 0.2) is 30.3 Å². The molecule has 23 heavy (non-hydrogen) atoms. The van der Waals surface area contributed by atoms with Crippen LogP contribution in [-0.2, 0) is 4.79 Å². The third-order valence-electron chi connectivity index (χ3n) is 5.23. The number of carbonyl (C=O) groups excluding carboxylic acids is 1. The molecule has 0 spiro atoms. The average Bonchev–Trinajstić information content (AvgIpc) is 2.53. The molecule has 4 rings (SSSR count). The predicted octanol–water partition coefficient (Wildman–Crippen LogP) is 2.99. The number of fused-ring (bicyclic) bond motifs is 1. The van der Waals surface area contributed by atoms with Gasteiger partial charge in [-0.3, -0.25) is 4.79 Å². The van der Waals surface area contributed by atoms with Crippen LogP contribution in [0.2, 0.25) is 0 Å². The summed E-state index contributed by atoms with van der Waals surface area (Å²) in [6.07, 6.45) is 3.39. The fourth-order valence-corrected chi connectivity index (χ4v) is 3.58. The molecule has 1 aliphatic heterocycles. The van der Waals surface area contributed by atoms with E-state index in [2.05, 4.69) is 34.9 Å². The van der Waals surface area contributed by atoms with E-state index in [1.165, 1.54) is 17.4 Å². The van der Waals surface area contributed by atoms with Gasteiger partial charge in [-0.2, -0.15) is 0 Å². The molecular formula is C19H23N3O. The van der Waals surface area contributed by atoms with Gasteiger partial charge >= 0.3 is 0 Å². The number of aromatic nitrogens is 1. The molecule has 2 aliphatic rings. The van der Waals surface area contributed by atoms with E-state index in [9.17, 15) is 4.79 Å². The van der Waals surface area contributed by atoms with Crippen molar-refractivity contribution < 1.29 is 4.79 Å². The van der Waals surface area contributed by atoms with Crippen molar-refractivity contribution in [2.75, 3.05) is 31.1 Å². The van der Waals surface area contributed by atoms with E-state index < -0.39 is 0 Å². The minimum absolute atomic E-state index is 0.307. The number of piperazine rings is 1. The van der Waals surface area contributed by atoms with Gasteiger partial charge in [0.2, 0.25) is 5.91 Å². The molecule has 1 aliphatic carbocycles. The van der Waals surface area contributed by atoms with Gasteiger partial charge in [0.25, 0.3) is 0 Å². The lowest BCUT2D eigenvalue weighted by atomic mass is 9.84. The Labute approximate surface area is 137 Å². The summed E-state index contributed by atoms with van der Waals surface area (Å²) in [6, 6.07) is 10.5. The second-order valence-electron chi connectivity index (χ2n) is 6.76. The van der Waals surface area contributed by atoms with E-state index in [0.717, 1.165) is 50.4 Å². The molecule has 4 nitrogen and oxygen atoms in total. The van der Waals surface area contributed by atoms with Gasteiger partial charge in [-0.15, -0.1) is 0 Å². The topological polar surface area (TPSA) is 36.4 Å². The molecule has 120 valence electrons. The molecule has 2 fully saturated rings. The van der Waals surface area contributed by atoms with Crippen molar-refractivity contribution in [3.05, 3.63) is 35.9 Å². The van der Waals surface area contributed by atoms with Crippen molar-refractivity contribution in [3.63, 3.8) is 0 Å². The first kappa shape index (κ1) is 14.5. The molecule has 4 heteroatoms. The number of aryl methyl sites for hydroxylation is 1. The molecule has 1 saturated heterocycles. The summed E-state index contributed by atoms with van der Waals surface area (Å²) in [4.78, 5) is 21.6. The summed E-state index contributed by atoms with van der Waals surface area (Å²) in [7, 11) is 0. The fourth-order valence-electron chi connectivity index (χ4n) is 3.58. The fraction of sp³-hybridized carbons (Fsp3) is 0.474. The molecule has 1 aromatic heterocycles. The van der Waals surface area contributed by atoms with E-state index in [1.807, 2.05) is 12.1 Å². The summed E-state index contributed by atoms with van der Waals surface area (Å²) < 4.78 is 0. The molecule has 2 heterocycles. The Kier molecular flexibility index (Phi) is 3.68. The van der Waals surface area contributed by atoms with E-state index in [1.54, 1.807) is 0 Å². The van der Waals surface area contributed by atoms with Gasteiger partial charge in [0.15, 0.2) is 0 Å². The number of carbonyl (C=O) groups is 1. The highest BCUT2D eigenvalue weighted by molar-refractivity contribution is 5.82. The summed E-state index contributed by atoms with van der Waals surface area (Å²) in [6.45, 7) is 5.53. The Morgan fingerprint density at radius 3 is 2.57 bits per heavy atom. The maximum absolute atomic E-state index is 12.4. The molecule has 1 aromatic carbocycles. The summed E-state index contributed by atoms with van der Waals surface area (Å²) in [5.41, 5.74) is 2.25. The summed E-state index contributed by atoms with van der Waals surface area (Å²) >= 11 is 0. The molecule has 0 N–H and O–H groups in total. The van der Waals surface area contributed by atoms with Crippen LogP contribution < -0.4 is 4.90 Å². The summed E-state index contributed by atoms with van der Waals surface area (Å²) in [5, 5.41) is 1.19. The lowest BCUT2D eigenvalue weighted by Crippen LogP contribution is -2.51. The van der Waals surface area contributed by atoms with Crippen LogP contribution in [0.3, 0.4) is 0 Å². The maximum atomic E-state index is 12.4. The van der Waals surface area contributed by atoms with Crippen molar-refractivity contribution in [1.29, 1.82) is 0 Å². The average molecular weight is 309 g/mol. The highest BCUT2D eigenvalue weighted by atomic mass is 16.2. The molecule has 1 saturated carbocycles. The molecule has 0 atom stereocenters. The number of rotatable bonds is 2. The van der Waals surface area contributed by atoms with Gasteiger partial charge in [-0.05, 0) is 37.5 Å². The molecule has 0 bridgehead atoms. The van der Waals surface area contributed by atoms with Crippen LogP contribution in [0.25, 0.3) is 10.9 Å². The number of para-hydroxylation sites is 1.